The molecule has 7 heteroatoms. The smallest absolute Gasteiger partial charge is 0.163 e. The highest BCUT2D eigenvalue weighted by molar-refractivity contribution is 5.13. The minimum absolute atomic E-state index is 0.108. The fourth-order valence-electron chi connectivity index (χ4n) is 2.85. The van der Waals surface area contributed by atoms with Crippen LogP contribution in [0.3, 0.4) is 0 Å². The van der Waals surface area contributed by atoms with E-state index in [2.05, 4.69) is 15.1 Å². The Morgan fingerprint density at radius 3 is 2.96 bits per heavy atom. The van der Waals surface area contributed by atoms with E-state index in [1.54, 1.807) is 6.33 Å². The normalized spacial score (nSPS) is 20.2. The first kappa shape index (κ1) is 17.0. The molecule has 7 nitrogen and oxygen atoms in total. The Hall–Kier alpha value is -1.80. The topological polar surface area (TPSA) is 72.6 Å². The molecule has 1 aliphatic rings. The van der Waals surface area contributed by atoms with E-state index in [0.29, 0.717) is 32.9 Å². The number of ether oxygens (including phenoxy) is 2. The molecule has 1 saturated heterocycles. The number of aryl methyl sites for hydroxylation is 1. The van der Waals surface area contributed by atoms with E-state index in [1.807, 2.05) is 41.9 Å². The lowest BCUT2D eigenvalue weighted by molar-refractivity contribution is -0.0575. The molecule has 1 N–H and O–H groups in total. The van der Waals surface area contributed by atoms with Gasteiger partial charge in [0.1, 0.15) is 12.4 Å². The number of aliphatic hydroxyl groups is 1. The third-order valence-corrected chi connectivity index (χ3v) is 4.08. The van der Waals surface area contributed by atoms with Gasteiger partial charge < -0.3 is 19.1 Å². The Labute approximate surface area is 141 Å². The van der Waals surface area contributed by atoms with Crippen LogP contribution in [0.15, 0.2) is 36.7 Å². The van der Waals surface area contributed by atoms with Gasteiger partial charge in [-0.05, 0) is 5.56 Å². The van der Waals surface area contributed by atoms with Crippen LogP contribution in [-0.4, -0.2) is 63.7 Å². The zero-order chi connectivity index (χ0) is 16.8. The number of aromatic nitrogens is 3. The van der Waals surface area contributed by atoms with Crippen molar-refractivity contribution < 1.29 is 14.6 Å². The average molecular weight is 332 g/mol. The van der Waals surface area contributed by atoms with Crippen molar-refractivity contribution in [3.05, 3.63) is 48.0 Å². The van der Waals surface area contributed by atoms with Crippen LogP contribution in [0.5, 0.6) is 0 Å². The van der Waals surface area contributed by atoms with Crippen LogP contribution in [0.2, 0.25) is 0 Å². The number of rotatable bonds is 7. The third kappa shape index (κ3) is 4.61. The van der Waals surface area contributed by atoms with Crippen molar-refractivity contribution in [2.24, 2.45) is 7.05 Å². The van der Waals surface area contributed by atoms with Gasteiger partial charge >= 0.3 is 0 Å². The molecule has 0 aliphatic carbocycles. The summed E-state index contributed by atoms with van der Waals surface area (Å²) in [6.45, 7) is 3.51. The number of nitrogens with zero attached hydrogens (tertiary/aromatic N) is 4. The van der Waals surface area contributed by atoms with Crippen molar-refractivity contribution in [3.8, 4) is 0 Å². The average Bonchev–Trinajstić information content (AvgIpc) is 3.02. The fourth-order valence-corrected chi connectivity index (χ4v) is 2.85. The van der Waals surface area contributed by atoms with Gasteiger partial charge in [-0.15, -0.1) is 10.2 Å². The van der Waals surface area contributed by atoms with Gasteiger partial charge in [0.05, 0.1) is 25.9 Å². The number of aliphatic hydroxyl groups excluding tert-OH is 1. The van der Waals surface area contributed by atoms with Crippen molar-refractivity contribution in [3.63, 3.8) is 0 Å². The Bertz CT molecular complexity index is 619. The maximum atomic E-state index is 10.2. The summed E-state index contributed by atoms with van der Waals surface area (Å²) in [6.07, 6.45) is 1.04. The lowest BCUT2D eigenvalue weighted by Gasteiger charge is -2.33. The molecule has 2 atom stereocenters. The van der Waals surface area contributed by atoms with Crippen LogP contribution in [0.1, 0.15) is 17.5 Å². The molecule has 130 valence electrons. The quantitative estimate of drug-likeness (QED) is 0.807. The molecule has 0 radical (unpaired) electrons. The van der Waals surface area contributed by atoms with Crippen LogP contribution in [-0.2, 0) is 23.1 Å². The molecular weight excluding hydrogens is 308 g/mol. The monoisotopic (exact) mass is 332 g/mol. The SMILES string of the molecule is Cn1cnnc1[C@H]1CN(C[C@H](O)COCc2ccccc2)CCO1. The lowest BCUT2D eigenvalue weighted by atomic mass is 10.2. The second-order valence-electron chi connectivity index (χ2n) is 6.07. The fraction of sp³-hybridized carbons (Fsp3) is 0.529. The van der Waals surface area contributed by atoms with E-state index in [4.69, 9.17) is 9.47 Å². The van der Waals surface area contributed by atoms with E-state index in [9.17, 15) is 5.11 Å². The summed E-state index contributed by atoms with van der Waals surface area (Å²) in [6, 6.07) is 9.97. The van der Waals surface area contributed by atoms with Crippen LogP contribution >= 0.6 is 0 Å². The van der Waals surface area contributed by atoms with Crippen LogP contribution in [0.4, 0.5) is 0 Å². The van der Waals surface area contributed by atoms with Crippen LogP contribution in [0.25, 0.3) is 0 Å². The second kappa shape index (κ2) is 8.34. The molecule has 1 aromatic carbocycles. The minimum atomic E-state index is -0.521. The Morgan fingerprint density at radius 1 is 1.38 bits per heavy atom. The van der Waals surface area contributed by atoms with Gasteiger partial charge in [0.15, 0.2) is 5.82 Å². The van der Waals surface area contributed by atoms with E-state index in [1.165, 1.54) is 0 Å². The molecule has 1 fully saturated rings. The molecule has 2 heterocycles. The van der Waals surface area contributed by atoms with Gasteiger partial charge in [-0.3, -0.25) is 4.90 Å². The highest BCUT2D eigenvalue weighted by Gasteiger charge is 2.26. The van der Waals surface area contributed by atoms with Gasteiger partial charge in [0, 0.05) is 26.7 Å². The number of hydrogen-bond donors (Lipinski definition) is 1. The standard InChI is InChI=1S/C17H24N4O3/c1-20-13-18-19-17(20)16-10-21(7-8-24-16)9-15(22)12-23-11-14-5-3-2-4-6-14/h2-6,13,15-16,22H,7-12H2,1H3/t15-,16+/m0/s1. The van der Waals surface area contributed by atoms with Gasteiger partial charge in [-0.1, -0.05) is 30.3 Å². The zero-order valence-corrected chi connectivity index (χ0v) is 13.9. The highest BCUT2D eigenvalue weighted by Crippen LogP contribution is 2.19. The summed E-state index contributed by atoms with van der Waals surface area (Å²) in [7, 11) is 1.91. The van der Waals surface area contributed by atoms with E-state index < -0.39 is 6.10 Å². The van der Waals surface area contributed by atoms with Crippen LogP contribution in [0, 0.1) is 0 Å². The molecule has 1 aliphatic heterocycles. The first-order valence-electron chi connectivity index (χ1n) is 8.20. The number of benzene rings is 1. The molecule has 1 aromatic heterocycles. The predicted molar refractivity (Wildman–Crippen MR) is 88.2 cm³/mol. The molecule has 0 saturated carbocycles. The van der Waals surface area contributed by atoms with Crippen molar-refractivity contribution in [1.29, 1.82) is 0 Å². The van der Waals surface area contributed by atoms with Gasteiger partial charge in [-0.2, -0.15) is 0 Å². The lowest BCUT2D eigenvalue weighted by Crippen LogP contribution is -2.43. The Balaban J connectivity index is 1.42. The maximum Gasteiger partial charge on any atom is 0.163 e. The molecule has 2 aromatic rings. The zero-order valence-electron chi connectivity index (χ0n) is 13.9. The molecule has 0 amide bonds. The molecule has 3 rings (SSSR count). The Kier molecular flexibility index (Phi) is 5.92. The number of hydrogen-bond acceptors (Lipinski definition) is 6. The van der Waals surface area contributed by atoms with Crippen molar-refractivity contribution >= 4 is 0 Å². The van der Waals surface area contributed by atoms with Gasteiger partial charge in [-0.25, -0.2) is 0 Å². The number of morpholine rings is 1. The predicted octanol–water partition coefficient (Wildman–Crippen LogP) is 0.766. The number of β-amino-alcohol motifs (C(OH)–C–C–N with tert-alkyl or cyclic N) is 1. The minimum Gasteiger partial charge on any atom is -0.389 e. The van der Waals surface area contributed by atoms with E-state index >= 15 is 0 Å². The second-order valence-corrected chi connectivity index (χ2v) is 6.07. The van der Waals surface area contributed by atoms with Crippen molar-refractivity contribution in [1.82, 2.24) is 19.7 Å². The summed E-state index contributed by atoms with van der Waals surface area (Å²) in [5, 5.41) is 18.2. The summed E-state index contributed by atoms with van der Waals surface area (Å²) < 4.78 is 13.3. The Morgan fingerprint density at radius 2 is 2.21 bits per heavy atom. The molecular formula is C17H24N4O3. The first-order valence-corrected chi connectivity index (χ1v) is 8.20. The van der Waals surface area contributed by atoms with E-state index in [-0.39, 0.29) is 6.10 Å². The van der Waals surface area contributed by atoms with Crippen molar-refractivity contribution in [2.75, 3.05) is 32.8 Å². The molecule has 0 bridgehead atoms. The van der Waals surface area contributed by atoms with Crippen molar-refractivity contribution in [2.45, 2.75) is 18.8 Å². The van der Waals surface area contributed by atoms with Crippen LogP contribution < -0.4 is 0 Å². The van der Waals surface area contributed by atoms with E-state index in [0.717, 1.165) is 17.9 Å². The summed E-state index contributed by atoms with van der Waals surface area (Å²) in [4.78, 5) is 2.18. The highest BCUT2D eigenvalue weighted by atomic mass is 16.5. The summed E-state index contributed by atoms with van der Waals surface area (Å²) >= 11 is 0. The largest absolute Gasteiger partial charge is 0.389 e. The molecule has 0 unspecified atom stereocenters. The van der Waals surface area contributed by atoms with Gasteiger partial charge in [0.2, 0.25) is 0 Å². The first-order chi connectivity index (χ1) is 11.7. The maximum absolute atomic E-state index is 10.2. The molecule has 0 spiro atoms. The summed E-state index contributed by atoms with van der Waals surface area (Å²) in [5.41, 5.74) is 1.11. The van der Waals surface area contributed by atoms with Gasteiger partial charge in [0.25, 0.3) is 0 Å². The molecule has 24 heavy (non-hydrogen) atoms. The third-order valence-electron chi connectivity index (χ3n) is 4.08. The summed E-state index contributed by atoms with van der Waals surface area (Å²) in [5.74, 6) is 0.814.